The number of hydrogen-bond donors (Lipinski definition) is 4. The number of nitrogens with two attached hydrogens (primary N) is 2. The topological polar surface area (TPSA) is 110 Å². The Morgan fingerprint density at radius 2 is 1.04 bits per heavy atom. The Kier molecular flexibility index (Phi) is 5.60. The molecule has 27 heavy (non-hydrogen) atoms. The number of benzene rings is 3. The van der Waals surface area contributed by atoms with Crippen molar-refractivity contribution in [3.63, 3.8) is 0 Å². The Balaban J connectivity index is 1.78. The van der Waals surface area contributed by atoms with Gasteiger partial charge < -0.3 is 22.1 Å². The minimum absolute atomic E-state index is 0.306. The minimum atomic E-state index is -0.306. The lowest BCUT2D eigenvalue weighted by Crippen LogP contribution is -2.16. The van der Waals surface area contributed by atoms with Crippen LogP contribution < -0.4 is 22.1 Å². The maximum Gasteiger partial charge on any atom is 0.255 e. The maximum absolute atomic E-state index is 12.5. The third-order valence-corrected chi connectivity index (χ3v) is 4.38. The van der Waals surface area contributed by atoms with Crippen LogP contribution in [0.2, 0.25) is 0 Å². The van der Waals surface area contributed by atoms with Crippen molar-refractivity contribution in [3.05, 3.63) is 81.4 Å². The van der Waals surface area contributed by atoms with Crippen LogP contribution in [0.1, 0.15) is 20.7 Å². The number of halogens is 1. The van der Waals surface area contributed by atoms with E-state index in [2.05, 4.69) is 33.2 Å². The standard InChI is InChI=1S/C20H17IN4O2/c21-14-10-12(19(26)24-17-5-1-15(22)2-6-17)9-13(11-14)20(27)25-18-7-3-16(23)4-8-18/h1-11H,22-23H2,(H,24,26)(H,25,27). The molecule has 0 heterocycles. The molecule has 0 unspecified atom stereocenters. The van der Waals surface area contributed by atoms with E-state index in [0.717, 1.165) is 3.57 Å². The number of rotatable bonds is 4. The molecule has 0 saturated heterocycles. The Morgan fingerprint density at radius 3 is 1.41 bits per heavy atom. The monoisotopic (exact) mass is 472 g/mol. The second kappa shape index (κ2) is 8.09. The number of anilines is 4. The Labute approximate surface area is 170 Å². The first kappa shape index (κ1) is 18.7. The molecule has 0 radical (unpaired) electrons. The van der Waals surface area contributed by atoms with Crippen molar-refractivity contribution in [2.75, 3.05) is 22.1 Å². The molecule has 2 amide bonds. The molecule has 0 aliphatic rings. The predicted molar refractivity (Wildman–Crippen MR) is 117 cm³/mol. The first-order valence-corrected chi connectivity index (χ1v) is 9.13. The summed E-state index contributed by atoms with van der Waals surface area (Å²) in [6, 6.07) is 18.7. The van der Waals surface area contributed by atoms with Gasteiger partial charge in [-0.05, 0) is 89.3 Å². The van der Waals surface area contributed by atoms with Crippen LogP contribution in [0, 0.1) is 3.57 Å². The molecule has 136 valence electrons. The molecule has 0 fully saturated rings. The van der Waals surface area contributed by atoms with Gasteiger partial charge in [0.2, 0.25) is 0 Å². The summed E-state index contributed by atoms with van der Waals surface area (Å²) in [5.74, 6) is -0.611. The fourth-order valence-corrected chi connectivity index (χ4v) is 3.06. The van der Waals surface area contributed by atoms with E-state index in [1.165, 1.54) is 0 Å². The smallest absolute Gasteiger partial charge is 0.255 e. The van der Waals surface area contributed by atoms with Crippen LogP contribution in [0.4, 0.5) is 22.7 Å². The van der Waals surface area contributed by atoms with Gasteiger partial charge in [-0.25, -0.2) is 0 Å². The molecule has 0 spiro atoms. The van der Waals surface area contributed by atoms with Gasteiger partial charge in [0.15, 0.2) is 0 Å². The summed E-state index contributed by atoms with van der Waals surface area (Å²) in [4.78, 5) is 25.1. The second-order valence-electron chi connectivity index (χ2n) is 5.88. The summed E-state index contributed by atoms with van der Waals surface area (Å²) in [6.07, 6.45) is 0. The molecule has 0 bridgehead atoms. The summed E-state index contributed by atoms with van der Waals surface area (Å²) in [7, 11) is 0. The number of carbonyl (C=O) groups is 2. The molecule has 0 aromatic heterocycles. The molecular formula is C20H17IN4O2. The Hall–Kier alpha value is -3.07. The summed E-state index contributed by atoms with van der Waals surface area (Å²) in [5, 5.41) is 5.58. The molecule has 3 aromatic rings. The van der Waals surface area contributed by atoms with Crippen LogP contribution in [0.5, 0.6) is 0 Å². The molecule has 7 heteroatoms. The molecule has 6 nitrogen and oxygen atoms in total. The van der Waals surface area contributed by atoms with Gasteiger partial charge in [0, 0.05) is 37.4 Å². The van der Waals surface area contributed by atoms with Crippen LogP contribution in [0.25, 0.3) is 0 Å². The minimum Gasteiger partial charge on any atom is -0.399 e. The van der Waals surface area contributed by atoms with E-state index in [4.69, 9.17) is 11.5 Å². The van der Waals surface area contributed by atoms with Crippen molar-refractivity contribution in [1.82, 2.24) is 0 Å². The molecule has 6 N–H and O–H groups in total. The molecule has 3 aromatic carbocycles. The molecular weight excluding hydrogens is 455 g/mol. The summed E-state index contributed by atoms with van der Waals surface area (Å²) >= 11 is 2.08. The van der Waals surface area contributed by atoms with Crippen molar-refractivity contribution in [3.8, 4) is 0 Å². The van der Waals surface area contributed by atoms with Gasteiger partial charge in [0.25, 0.3) is 11.8 Å². The molecule has 0 aliphatic heterocycles. The van der Waals surface area contributed by atoms with Gasteiger partial charge in [-0.1, -0.05) is 0 Å². The van der Waals surface area contributed by atoms with Gasteiger partial charge in [-0.15, -0.1) is 0 Å². The number of nitrogen functional groups attached to an aromatic ring is 2. The summed E-state index contributed by atoms with van der Waals surface area (Å²) < 4.78 is 0.778. The van der Waals surface area contributed by atoms with Gasteiger partial charge >= 0.3 is 0 Å². The van der Waals surface area contributed by atoms with Crippen molar-refractivity contribution < 1.29 is 9.59 Å². The van der Waals surface area contributed by atoms with E-state index in [1.54, 1.807) is 66.7 Å². The van der Waals surface area contributed by atoms with Crippen LogP contribution in [-0.4, -0.2) is 11.8 Å². The SMILES string of the molecule is Nc1ccc(NC(=O)c2cc(I)cc(C(=O)Nc3ccc(N)cc3)c2)cc1. The van der Waals surface area contributed by atoms with Crippen molar-refractivity contribution in [2.24, 2.45) is 0 Å². The molecule has 0 atom stereocenters. The van der Waals surface area contributed by atoms with E-state index in [9.17, 15) is 9.59 Å². The fraction of sp³-hybridized carbons (Fsp3) is 0. The van der Waals surface area contributed by atoms with Crippen LogP contribution in [0.15, 0.2) is 66.7 Å². The number of nitrogens with one attached hydrogen (secondary N) is 2. The summed E-state index contributed by atoms with van der Waals surface area (Å²) in [6.45, 7) is 0. The highest BCUT2D eigenvalue weighted by Crippen LogP contribution is 2.18. The van der Waals surface area contributed by atoms with Crippen molar-refractivity contribution in [1.29, 1.82) is 0 Å². The zero-order valence-electron chi connectivity index (χ0n) is 14.2. The number of amides is 2. The third-order valence-electron chi connectivity index (χ3n) is 3.76. The first-order chi connectivity index (χ1) is 12.9. The first-order valence-electron chi connectivity index (χ1n) is 8.05. The summed E-state index contributed by atoms with van der Waals surface area (Å²) in [5.41, 5.74) is 14.6. The van der Waals surface area contributed by atoms with E-state index in [0.29, 0.717) is 33.9 Å². The lowest BCUT2D eigenvalue weighted by molar-refractivity contribution is 0.102. The van der Waals surface area contributed by atoms with Gasteiger partial charge in [-0.3, -0.25) is 9.59 Å². The van der Waals surface area contributed by atoms with Crippen LogP contribution >= 0.6 is 22.6 Å². The highest BCUT2D eigenvalue weighted by atomic mass is 127. The van der Waals surface area contributed by atoms with E-state index in [1.807, 2.05) is 0 Å². The van der Waals surface area contributed by atoms with Crippen molar-refractivity contribution in [2.45, 2.75) is 0 Å². The van der Waals surface area contributed by atoms with E-state index in [-0.39, 0.29) is 11.8 Å². The third kappa shape index (κ3) is 4.98. The highest BCUT2D eigenvalue weighted by Gasteiger charge is 2.13. The largest absolute Gasteiger partial charge is 0.399 e. The Morgan fingerprint density at radius 1 is 0.667 bits per heavy atom. The van der Waals surface area contributed by atoms with Gasteiger partial charge in [-0.2, -0.15) is 0 Å². The molecule has 3 rings (SSSR count). The zero-order chi connectivity index (χ0) is 19.4. The normalized spacial score (nSPS) is 10.3. The average molecular weight is 472 g/mol. The number of hydrogen-bond acceptors (Lipinski definition) is 4. The predicted octanol–water partition coefficient (Wildman–Crippen LogP) is 3.96. The lowest BCUT2D eigenvalue weighted by atomic mass is 10.1. The average Bonchev–Trinajstić information content (AvgIpc) is 2.65. The van der Waals surface area contributed by atoms with E-state index < -0.39 is 0 Å². The molecule has 0 saturated carbocycles. The van der Waals surface area contributed by atoms with Crippen LogP contribution in [-0.2, 0) is 0 Å². The lowest BCUT2D eigenvalue weighted by Gasteiger charge is -2.09. The zero-order valence-corrected chi connectivity index (χ0v) is 16.4. The Bertz CT molecular complexity index is 908. The van der Waals surface area contributed by atoms with Gasteiger partial charge in [0.05, 0.1) is 0 Å². The van der Waals surface area contributed by atoms with E-state index >= 15 is 0 Å². The quantitative estimate of drug-likeness (QED) is 0.340. The van der Waals surface area contributed by atoms with Crippen molar-refractivity contribution >= 4 is 57.2 Å². The maximum atomic E-state index is 12.5. The second-order valence-corrected chi connectivity index (χ2v) is 7.13. The highest BCUT2D eigenvalue weighted by molar-refractivity contribution is 14.1. The number of carbonyl (C=O) groups excluding carboxylic acids is 2. The molecule has 0 aliphatic carbocycles. The van der Waals surface area contributed by atoms with Gasteiger partial charge in [0.1, 0.15) is 0 Å². The van der Waals surface area contributed by atoms with Crippen LogP contribution in [0.3, 0.4) is 0 Å². The fourth-order valence-electron chi connectivity index (χ4n) is 2.39.